The Balaban J connectivity index is 2.58. The molecule has 0 spiro atoms. The van der Waals surface area contributed by atoms with E-state index in [0.29, 0.717) is 13.0 Å². The van der Waals surface area contributed by atoms with E-state index in [2.05, 4.69) is 17.2 Å². The molecule has 92 valence electrons. The van der Waals surface area contributed by atoms with Crippen LogP contribution in [0.4, 0.5) is 0 Å². The molecule has 1 aromatic heterocycles. The Morgan fingerprint density at radius 1 is 1.59 bits per heavy atom. The maximum Gasteiger partial charge on any atom is 0.222 e. The zero-order chi connectivity index (χ0) is 12.7. The fraction of sp³-hybridized carbons (Fsp3) is 0.462. The summed E-state index contributed by atoms with van der Waals surface area (Å²) < 4.78 is 0. The van der Waals surface area contributed by atoms with Gasteiger partial charge in [-0.25, -0.2) is 0 Å². The van der Waals surface area contributed by atoms with Crippen LogP contribution in [0.3, 0.4) is 0 Å². The average Bonchev–Trinajstić information content (AvgIpc) is 2.74. The van der Waals surface area contributed by atoms with Gasteiger partial charge in [0.25, 0.3) is 0 Å². The summed E-state index contributed by atoms with van der Waals surface area (Å²) in [6.07, 6.45) is 0.480. The lowest BCUT2D eigenvalue weighted by atomic mass is 10.2. The number of hydrogen-bond acceptors (Lipinski definition) is 3. The van der Waals surface area contributed by atoms with Gasteiger partial charge in [0.1, 0.15) is 0 Å². The topological polar surface area (TPSA) is 49.3 Å². The van der Waals surface area contributed by atoms with Gasteiger partial charge in [0.2, 0.25) is 5.91 Å². The molecule has 0 aliphatic rings. The highest BCUT2D eigenvalue weighted by Gasteiger charge is 2.08. The van der Waals surface area contributed by atoms with Gasteiger partial charge in [0.15, 0.2) is 0 Å². The zero-order valence-corrected chi connectivity index (χ0v) is 10.9. The molecule has 3 nitrogen and oxygen atoms in total. The molecule has 0 unspecified atom stereocenters. The maximum absolute atomic E-state index is 11.4. The molecule has 1 aromatic rings. The van der Waals surface area contributed by atoms with E-state index < -0.39 is 0 Å². The summed E-state index contributed by atoms with van der Waals surface area (Å²) in [6, 6.07) is 1.94. The highest BCUT2D eigenvalue weighted by Crippen LogP contribution is 2.15. The first kappa shape index (κ1) is 13.8. The second-order valence-electron chi connectivity index (χ2n) is 3.91. The Labute approximate surface area is 106 Å². The van der Waals surface area contributed by atoms with Crippen molar-refractivity contribution in [3.05, 3.63) is 21.9 Å². The molecule has 4 heteroatoms. The van der Waals surface area contributed by atoms with Gasteiger partial charge in [0.05, 0.1) is 13.2 Å². The molecule has 0 aromatic carbocycles. The lowest BCUT2D eigenvalue weighted by Gasteiger charge is -2.06. The third kappa shape index (κ3) is 4.59. The number of hydrogen-bond donors (Lipinski definition) is 2. The van der Waals surface area contributed by atoms with Crippen molar-refractivity contribution < 1.29 is 9.90 Å². The fourth-order valence-corrected chi connectivity index (χ4v) is 1.94. The Bertz CT molecular complexity index is 426. The van der Waals surface area contributed by atoms with Crippen LogP contribution in [0.1, 0.15) is 30.7 Å². The van der Waals surface area contributed by atoms with Crippen LogP contribution < -0.4 is 5.32 Å². The van der Waals surface area contributed by atoms with Crippen LogP contribution in [0.5, 0.6) is 0 Å². The highest BCUT2D eigenvalue weighted by molar-refractivity contribution is 7.10. The van der Waals surface area contributed by atoms with Gasteiger partial charge in [0, 0.05) is 22.8 Å². The first-order valence-electron chi connectivity index (χ1n) is 5.59. The predicted molar refractivity (Wildman–Crippen MR) is 69.6 cm³/mol. The first-order valence-corrected chi connectivity index (χ1v) is 6.47. The van der Waals surface area contributed by atoms with Crippen LogP contribution in [0.25, 0.3) is 0 Å². The predicted octanol–water partition coefficient (Wildman–Crippen LogP) is 1.75. The second-order valence-corrected chi connectivity index (χ2v) is 4.91. The summed E-state index contributed by atoms with van der Waals surface area (Å²) in [5, 5.41) is 13.5. The van der Waals surface area contributed by atoms with Gasteiger partial charge in [-0.2, -0.15) is 0 Å². The number of amides is 1. The first-order chi connectivity index (χ1) is 8.15. The minimum atomic E-state index is -0.00103. The minimum Gasteiger partial charge on any atom is -0.395 e. The number of aliphatic hydroxyl groups is 1. The van der Waals surface area contributed by atoms with Crippen molar-refractivity contribution in [1.29, 1.82) is 0 Å². The van der Waals surface area contributed by atoms with Crippen LogP contribution in [0.2, 0.25) is 0 Å². The number of carbonyl (C=O) groups is 1. The molecular weight excluding hydrogens is 234 g/mol. The van der Waals surface area contributed by atoms with Crippen molar-refractivity contribution in [3.8, 4) is 11.8 Å². The summed E-state index contributed by atoms with van der Waals surface area (Å²) in [5.41, 5.74) is 0.938. The van der Waals surface area contributed by atoms with E-state index in [0.717, 1.165) is 10.4 Å². The SMILES string of the molecule is CC(C)C(=O)NCc1sccc1C#CCCO. The summed E-state index contributed by atoms with van der Waals surface area (Å²) in [6.45, 7) is 4.34. The average molecular weight is 251 g/mol. The van der Waals surface area contributed by atoms with E-state index in [1.807, 2.05) is 25.3 Å². The molecule has 0 fully saturated rings. The summed E-state index contributed by atoms with van der Waals surface area (Å²) in [4.78, 5) is 12.5. The maximum atomic E-state index is 11.4. The Kier molecular flexibility index (Phi) is 5.75. The van der Waals surface area contributed by atoms with E-state index in [4.69, 9.17) is 5.11 Å². The molecule has 0 bridgehead atoms. The van der Waals surface area contributed by atoms with Crippen LogP contribution in [-0.4, -0.2) is 17.6 Å². The number of aliphatic hydroxyl groups excluding tert-OH is 1. The molecule has 0 aliphatic heterocycles. The van der Waals surface area contributed by atoms with Crippen molar-refractivity contribution in [2.45, 2.75) is 26.8 Å². The van der Waals surface area contributed by atoms with E-state index in [1.54, 1.807) is 11.3 Å². The molecule has 17 heavy (non-hydrogen) atoms. The normalized spacial score (nSPS) is 9.88. The van der Waals surface area contributed by atoms with Crippen molar-refractivity contribution in [2.24, 2.45) is 5.92 Å². The smallest absolute Gasteiger partial charge is 0.222 e. The number of rotatable bonds is 4. The quantitative estimate of drug-likeness (QED) is 0.801. The van der Waals surface area contributed by atoms with Gasteiger partial charge in [-0.05, 0) is 11.4 Å². The molecule has 0 atom stereocenters. The molecule has 1 amide bonds. The van der Waals surface area contributed by atoms with Crippen LogP contribution in [0, 0.1) is 17.8 Å². The van der Waals surface area contributed by atoms with E-state index in [1.165, 1.54) is 0 Å². The molecule has 2 N–H and O–H groups in total. The number of nitrogens with one attached hydrogen (secondary N) is 1. The largest absolute Gasteiger partial charge is 0.395 e. The van der Waals surface area contributed by atoms with Gasteiger partial charge in [-0.15, -0.1) is 11.3 Å². The Morgan fingerprint density at radius 2 is 2.35 bits per heavy atom. The molecule has 1 heterocycles. The van der Waals surface area contributed by atoms with Crippen LogP contribution >= 0.6 is 11.3 Å². The molecular formula is C13H17NO2S. The van der Waals surface area contributed by atoms with E-state index in [9.17, 15) is 4.79 Å². The van der Waals surface area contributed by atoms with Gasteiger partial charge in [-0.1, -0.05) is 25.7 Å². The minimum absolute atomic E-state index is 0.00103. The monoisotopic (exact) mass is 251 g/mol. The van der Waals surface area contributed by atoms with Gasteiger partial charge < -0.3 is 10.4 Å². The van der Waals surface area contributed by atoms with Crippen molar-refractivity contribution in [3.63, 3.8) is 0 Å². The highest BCUT2D eigenvalue weighted by atomic mass is 32.1. The molecule has 0 saturated heterocycles. The van der Waals surface area contributed by atoms with Crippen LogP contribution in [0.15, 0.2) is 11.4 Å². The van der Waals surface area contributed by atoms with Crippen molar-refractivity contribution in [1.82, 2.24) is 5.32 Å². The van der Waals surface area contributed by atoms with Crippen LogP contribution in [-0.2, 0) is 11.3 Å². The van der Waals surface area contributed by atoms with E-state index >= 15 is 0 Å². The standard InChI is InChI=1S/C13H17NO2S/c1-10(2)13(16)14-9-12-11(6-8-17-12)5-3-4-7-15/h6,8,10,15H,4,7,9H2,1-2H3,(H,14,16). The van der Waals surface area contributed by atoms with Crippen molar-refractivity contribution >= 4 is 17.2 Å². The number of thiophene rings is 1. The number of carbonyl (C=O) groups excluding carboxylic acids is 1. The lowest BCUT2D eigenvalue weighted by Crippen LogP contribution is -2.26. The third-order valence-electron chi connectivity index (χ3n) is 2.15. The van der Waals surface area contributed by atoms with Gasteiger partial charge >= 0.3 is 0 Å². The summed E-state index contributed by atoms with van der Waals surface area (Å²) in [7, 11) is 0. The summed E-state index contributed by atoms with van der Waals surface area (Å²) in [5.74, 6) is 5.93. The van der Waals surface area contributed by atoms with E-state index in [-0.39, 0.29) is 18.4 Å². The van der Waals surface area contributed by atoms with Gasteiger partial charge in [-0.3, -0.25) is 4.79 Å². The Morgan fingerprint density at radius 3 is 3.00 bits per heavy atom. The molecule has 0 aliphatic carbocycles. The molecule has 0 saturated carbocycles. The summed E-state index contributed by atoms with van der Waals surface area (Å²) >= 11 is 1.58. The third-order valence-corrected chi connectivity index (χ3v) is 3.07. The zero-order valence-electron chi connectivity index (χ0n) is 10.1. The second kappa shape index (κ2) is 7.10. The lowest BCUT2D eigenvalue weighted by molar-refractivity contribution is -0.124. The van der Waals surface area contributed by atoms with Crippen molar-refractivity contribution in [2.75, 3.05) is 6.61 Å². The Hall–Kier alpha value is -1.31. The fourth-order valence-electron chi connectivity index (χ4n) is 1.17. The molecule has 1 rings (SSSR count). The molecule has 0 radical (unpaired) electrons.